The Morgan fingerprint density at radius 1 is 1.00 bits per heavy atom. The van der Waals surface area contributed by atoms with Crippen molar-refractivity contribution < 1.29 is 4.79 Å². The van der Waals surface area contributed by atoms with Crippen LogP contribution >= 0.6 is 0 Å². The second kappa shape index (κ2) is 6.74. The molecule has 0 aromatic heterocycles. The molecule has 98 valence electrons. The minimum absolute atomic E-state index is 0.0974. The normalized spacial score (nSPS) is 11.8. The summed E-state index contributed by atoms with van der Waals surface area (Å²) in [5.41, 5.74) is 2.33. The number of carbonyl (C=O) groups is 1. The number of hydrogen-bond donors (Lipinski definition) is 1. The molecule has 2 heteroatoms. The van der Waals surface area contributed by atoms with E-state index >= 15 is 0 Å². The van der Waals surface area contributed by atoms with Gasteiger partial charge in [0.2, 0.25) is 5.91 Å². The summed E-state index contributed by atoms with van der Waals surface area (Å²) in [6, 6.07) is 20.1. The Hall–Kier alpha value is -2.09. The minimum Gasteiger partial charge on any atom is -0.352 e. The molecule has 0 heterocycles. The zero-order valence-electron chi connectivity index (χ0n) is 11.2. The molecule has 2 aromatic rings. The predicted molar refractivity (Wildman–Crippen MR) is 77.8 cm³/mol. The topological polar surface area (TPSA) is 29.1 Å². The van der Waals surface area contributed by atoms with E-state index in [1.54, 1.807) is 0 Å². The van der Waals surface area contributed by atoms with Crippen LogP contribution < -0.4 is 5.32 Å². The van der Waals surface area contributed by atoms with Crippen LogP contribution in [-0.2, 0) is 11.3 Å². The summed E-state index contributed by atoms with van der Waals surface area (Å²) in [5.74, 6) is 0.345. The number of amides is 1. The molecule has 19 heavy (non-hydrogen) atoms. The van der Waals surface area contributed by atoms with Gasteiger partial charge in [0.05, 0.1) is 0 Å². The Labute approximate surface area is 114 Å². The van der Waals surface area contributed by atoms with Crippen LogP contribution in [-0.4, -0.2) is 5.91 Å². The van der Waals surface area contributed by atoms with Crippen molar-refractivity contribution in [2.24, 2.45) is 0 Å². The van der Waals surface area contributed by atoms with E-state index < -0.39 is 0 Å². The molecular formula is C17H19NO. The molecule has 1 amide bonds. The predicted octanol–water partition coefficient (Wildman–Crippen LogP) is 3.50. The van der Waals surface area contributed by atoms with Gasteiger partial charge in [-0.1, -0.05) is 67.6 Å². The van der Waals surface area contributed by atoms with Gasteiger partial charge in [0.25, 0.3) is 0 Å². The van der Waals surface area contributed by atoms with Gasteiger partial charge < -0.3 is 5.32 Å². The summed E-state index contributed by atoms with van der Waals surface area (Å²) in [6.45, 7) is 2.68. The van der Waals surface area contributed by atoms with Crippen LogP contribution in [0.4, 0.5) is 0 Å². The highest BCUT2D eigenvalue weighted by Gasteiger charge is 2.10. The lowest BCUT2D eigenvalue weighted by Crippen LogP contribution is -2.24. The first-order valence-electron chi connectivity index (χ1n) is 6.61. The van der Waals surface area contributed by atoms with E-state index in [0.29, 0.717) is 13.0 Å². The minimum atomic E-state index is 0.0974. The largest absolute Gasteiger partial charge is 0.352 e. The Balaban J connectivity index is 1.82. The van der Waals surface area contributed by atoms with E-state index in [1.165, 1.54) is 5.56 Å². The second-order valence-corrected chi connectivity index (χ2v) is 4.78. The number of rotatable bonds is 5. The van der Waals surface area contributed by atoms with Crippen LogP contribution in [0.5, 0.6) is 0 Å². The third-order valence-electron chi connectivity index (χ3n) is 3.19. The Morgan fingerprint density at radius 2 is 1.58 bits per heavy atom. The summed E-state index contributed by atoms with van der Waals surface area (Å²) in [6.07, 6.45) is 0.525. The maximum Gasteiger partial charge on any atom is 0.220 e. The van der Waals surface area contributed by atoms with Gasteiger partial charge in [-0.2, -0.15) is 0 Å². The monoisotopic (exact) mass is 253 g/mol. The molecule has 0 aliphatic rings. The van der Waals surface area contributed by atoms with Gasteiger partial charge in [0, 0.05) is 13.0 Å². The van der Waals surface area contributed by atoms with Gasteiger partial charge in [-0.15, -0.1) is 0 Å². The average Bonchev–Trinajstić information content (AvgIpc) is 2.47. The smallest absolute Gasteiger partial charge is 0.220 e. The fourth-order valence-corrected chi connectivity index (χ4v) is 2.05. The Bertz CT molecular complexity index is 507. The molecular weight excluding hydrogens is 234 g/mol. The molecule has 1 N–H and O–H groups in total. The van der Waals surface area contributed by atoms with Crippen LogP contribution in [0, 0.1) is 0 Å². The summed E-state index contributed by atoms with van der Waals surface area (Å²) >= 11 is 0. The Morgan fingerprint density at radius 3 is 2.21 bits per heavy atom. The molecule has 0 aliphatic carbocycles. The standard InChI is InChI=1S/C17H19NO/c1-14(16-10-6-3-7-11-16)12-17(19)18-13-15-8-4-2-5-9-15/h2-11,14H,12-13H2,1H3,(H,18,19). The fourth-order valence-electron chi connectivity index (χ4n) is 2.05. The third kappa shape index (κ3) is 4.25. The van der Waals surface area contributed by atoms with E-state index in [2.05, 4.69) is 24.4 Å². The molecule has 0 saturated heterocycles. The van der Waals surface area contributed by atoms with Gasteiger partial charge >= 0.3 is 0 Å². The van der Waals surface area contributed by atoms with Crippen molar-refractivity contribution in [2.75, 3.05) is 0 Å². The highest BCUT2D eigenvalue weighted by molar-refractivity contribution is 5.76. The van der Waals surface area contributed by atoms with Crippen molar-refractivity contribution in [3.8, 4) is 0 Å². The van der Waals surface area contributed by atoms with Gasteiger partial charge in [-0.3, -0.25) is 4.79 Å². The molecule has 0 fully saturated rings. The van der Waals surface area contributed by atoms with Crippen LogP contribution in [0.15, 0.2) is 60.7 Å². The fraction of sp³-hybridized carbons (Fsp3) is 0.235. The van der Waals surface area contributed by atoms with Gasteiger partial charge in [0.15, 0.2) is 0 Å². The third-order valence-corrected chi connectivity index (χ3v) is 3.19. The molecule has 2 nitrogen and oxygen atoms in total. The van der Waals surface area contributed by atoms with E-state index in [9.17, 15) is 4.79 Å². The maximum absolute atomic E-state index is 11.9. The zero-order valence-corrected chi connectivity index (χ0v) is 11.2. The first kappa shape index (κ1) is 13.3. The van der Waals surface area contributed by atoms with Crippen LogP contribution in [0.2, 0.25) is 0 Å². The lowest BCUT2D eigenvalue weighted by molar-refractivity contribution is -0.121. The van der Waals surface area contributed by atoms with E-state index in [0.717, 1.165) is 5.56 Å². The van der Waals surface area contributed by atoms with Crippen molar-refractivity contribution in [3.63, 3.8) is 0 Å². The van der Waals surface area contributed by atoms with Crippen molar-refractivity contribution in [1.82, 2.24) is 5.32 Å². The summed E-state index contributed by atoms with van der Waals surface area (Å²) in [4.78, 5) is 11.9. The van der Waals surface area contributed by atoms with Crippen molar-refractivity contribution in [3.05, 3.63) is 71.8 Å². The maximum atomic E-state index is 11.9. The number of nitrogens with one attached hydrogen (secondary N) is 1. The van der Waals surface area contributed by atoms with Crippen LogP contribution in [0.25, 0.3) is 0 Å². The number of benzene rings is 2. The molecule has 1 atom stereocenters. The summed E-state index contributed by atoms with van der Waals surface area (Å²) < 4.78 is 0. The molecule has 0 spiro atoms. The van der Waals surface area contributed by atoms with Crippen LogP contribution in [0.3, 0.4) is 0 Å². The lowest BCUT2D eigenvalue weighted by Gasteiger charge is -2.12. The Kier molecular flexibility index (Phi) is 4.73. The van der Waals surface area contributed by atoms with Crippen molar-refractivity contribution in [2.45, 2.75) is 25.8 Å². The van der Waals surface area contributed by atoms with Crippen LogP contribution in [0.1, 0.15) is 30.4 Å². The summed E-state index contributed by atoms with van der Waals surface area (Å²) in [7, 11) is 0. The molecule has 0 saturated carbocycles. The van der Waals surface area contributed by atoms with E-state index in [4.69, 9.17) is 0 Å². The highest BCUT2D eigenvalue weighted by atomic mass is 16.1. The van der Waals surface area contributed by atoms with Gasteiger partial charge in [-0.25, -0.2) is 0 Å². The first-order valence-corrected chi connectivity index (χ1v) is 6.61. The number of carbonyl (C=O) groups excluding carboxylic acids is 1. The quantitative estimate of drug-likeness (QED) is 0.868. The van der Waals surface area contributed by atoms with E-state index in [1.807, 2.05) is 48.5 Å². The summed E-state index contributed by atoms with van der Waals surface area (Å²) in [5, 5.41) is 2.96. The van der Waals surface area contributed by atoms with Gasteiger partial charge in [0.1, 0.15) is 0 Å². The zero-order chi connectivity index (χ0) is 13.5. The van der Waals surface area contributed by atoms with E-state index in [-0.39, 0.29) is 11.8 Å². The first-order chi connectivity index (χ1) is 9.25. The number of hydrogen-bond acceptors (Lipinski definition) is 1. The van der Waals surface area contributed by atoms with Crippen molar-refractivity contribution >= 4 is 5.91 Å². The van der Waals surface area contributed by atoms with Crippen molar-refractivity contribution in [1.29, 1.82) is 0 Å². The SMILES string of the molecule is CC(CC(=O)NCc1ccccc1)c1ccccc1. The average molecular weight is 253 g/mol. The van der Waals surface area contributed by atoms with Gasteiger partial charge in [-0.05, 0) is 17.0 Å². The molecule has 0 radical (unpaired) electrons. The molecule has 2 rings (SSSR count). The molecule has 0 aliphatic heterocycles. The highest BCUT2D eigenvalue weighted by Crippen LogP contribution is 2.18. The molecule has 0 bridgehead atoms. The molecule has 1 unspecified atom stereocenters. The second-order valence-electron chi connectivity index (χ2n) is 4.78. The lowest BCUT2D eigenvalue weighted by atomic mass is 9.97. The molecule has 2 aromatic carbocycles.